The Bertz CT molecular complexity index is 1120. The van der Waals surface area contributed by atoms with E-state index in [2.05, 4.69) is 15.5 Å². The zero-order valence-corrected chi connectivity index (χ0v) is 19.4. The zero-order valence-electron chi connectivity index (χ0n) is 18.6. The molecule has 9 heteroatoms. The number of carbonyl (C=O) groups excluding carboxylic acids is 2. The van der Waals surface area contributed by atoms with Crippen LogP contribution in [0.5, 0.6) is 11.5 Å². The van der Waals surface area contributed by atoms with Crippen LogP contribution in [0.2, 0.25) is 0 Å². The molecule has 1 aromatic heterocycles. The number of nitrogens with one attached hydrogen (secondary N) is 1. The fourth-order valence-corrected chi connectivity index (χ4v) is 4.26. The van der Waals surface area contributed by atoms with E-state index in [1.54, 1.807) is 4.90 Å². The van der Waals surface area contributed by atoms with Crippen LogP contribution in [0.3, 0.4) is 0 Å². The van der Waals surface area contributed by atoms with Gasteiger partial charge in [0.05, 0.1) is 6.54 Å². The van der Waals surface area contributed by atoms with Gasteiger partial charge in [-0.2, -0.15) is 0 Å². The predicted molar refractivity (Wildman–Crippen MR) is 126 cm³/mol. The number of hydrogen-bond acceptors (Lipinski definition) is 7. The van der Waals surface area contributed by atoms with Gasteiger partial charge in [0.15, 0.2) is 11.5 Å². The first kappa shape index (κ1) is 22.7. The van der Waals surface area contributed by atoms with Crippen LogP contribution in [-0.2, 0) is 16.0 Å². The lowest BCUT2D eigenvalue weighted by Gasteiger charge is -2.24. The standard InChI is InChI=1S/C24H26N4O4S/c1-16(2)13-28(22(30)11-8-17-6-4-3-5-7-17)14-21(29)25-24-27-26-23(33-24)18-9-10-19-20(12-18)32-15-31-19/h3-7,9-10,12,16H,8,11,13-15H2,1-2H3,(H,25,27,29). The van der Waals surface area contributed by atoms with E-state index in [0.717, 1.165) is 11.1 Å². The molecule has 0 bridgehead atoms. The largest absolute Gasteiger partial charge is 0.454 e. The van der Waals surface area contributed by atoms with Crippen LogP contribution in [0.4, 0.5) is 5.13 Å². The minimum Gasteiger partial charge on any atom is -0.454 e. The number of amides is 2. The molecule has 0 saturated heterocycles. The fourth-order valence-electron chi connectivity index (χ4n) is 3.50. The number of aromatic nitrogens is 2. The average Bonchev–Trinajstić information content (AvgIpc) is 3.46. The maximum Gasteiger partial charge on any atom is 0.245 e. The highest BCUT2D eigenvalue weighted by molar-refractivity contribution is 7.18. The topological polar surface area (TPSA) is 93.7 Å². The molecular weight excluding hydrogens is 440 g/mol. The highest BCUT2D eigenvalue weighted by atomic mass is 32.1. The van der Waals surface area contributed by atoms with Gasteiger partial charge in [-0.1, -0.05) is 55.5 Å². The Balaban J connectivity index is 1.35. The first-order valence-corrected chi connectivity index (χ1v) is 11.6. The quantitative estimate of drug-likeness (QED) is 0.513. The monoisotopic (exact) mass is 466 g/mol. The van der Waals surface area contributed by atoms with Crippen LogP contribution in [0.1, 0.15) is 25.8 Å². The molecule has 0 fully saturated rings. The minimum absolute atomic E-state index is 0.0231. The summed E-state index contributed by atoms with van der Waals surface area (Å²) < 4.78 is 10.7. The molecule has 0 radical (unpaired) electrons. The lowest BCUT2D eigenvalue weighted by Crippen LogP contribution is -2.40. The molecule has 8 nitrogen and oxygen atoms in total. The van der Waals surface area contributed by atoms with E-state index in [1.807, 2.05) is 62.4 Å². The molecule has 0 atom stereocenters. The van der Waals surface area contributed by atoms with Crippen LogP contribution in [0, 0.1) is 5.92 Å². The molecule has 2 aromatic carbocycles. The first-order valence-electron chi connectivity index (χ1n) is 10.8. The van der Waals surface area contributed by atoms with Crippen molar-refractivity contribution in [1.29, 1.82) is 0 Å². The summed E-state index contributed by atoms with van der Waals surface area (Å²) in [5, 5.41) is 12.1. The van der Waals surface area contributed by atoms with Crippen molar-refractivity contribution in [2.75, 3.05) is 25.2 Å². The number of anilines is 1. The Hall–Kier alpha value is -3.46. The number of ether oxygens (including phenoxy) is 2. The average molecular weight is 467 g/mol. The Labute approximate surface area is 196 Å². The zero-order chi connectivity index (χ0) is 23.2. The number of carbonyl (C=O) groups is 2. The molecular formula is C24H26N4O4S. The number of hydrogen-bond donors (Lipinski definition) is 1. The van der Waals surface area contributed by atoms with Crippen molar-refractivity contribution in [2.45, 2.75) is 26.7 Å². The van der Waals surface area contributed by atoms with Crippen molar-refractivity contribution in [1.82, 2.24) is 15.1 Å². The van der Waals surface area contributed by atoms with E-state index in [4.69, 9.17) is 9.47 Å². The van der Waals surface area contributed by atoms with Gasteiger partial charge in [0.25, 0.3) is 0 Å². The molecule has 0 spiro atoms. The van der Waals surface area contributed by atoms with Crippen molar-refractivity contribution in [2.24, 2.45) is 5.92 Å². The molecule has 0 unspecified atom stereocenters. The summed E-state index contributed by atoms with van der Waals surface area (Å²) >= 11 is 1.26. The minimum atomic E-state index is -0.294. The second kappa shape index (κ2) is 10.4. The molecule has 172 valence electrons. The summed E-state index contributed by atoms with van der Waals surface area (Å²) in [5.41, 5.74) is 1.93. The maximum absolute atomic E-state index is 12.8. The molecule has 1 aliphatic rings. The van der Waals surface area contributed by atoms with Gasteiger partial charge >= 0.3 is 0 Å². The van der Waals surface area contributed by atoms with Crippen molar-refractivity contribution in [3.05, 3.63) is 54.1 Å². The third-order valence-corrected chi connectivity index (χ3v) is 5.92. The lowest BCUT2D eigenvalue weighted by atomic mass is 10.1. The van der Waals surface area contributed by atoms with Gasteiger partial charge in [-0.25, -0.2) is 0 Å². The summed E-state index contributed by atoms with van der Waals surface area (Å²) in [6.45, 7) is 4.74. The molecule has 0 aliphatic carbocycles. The van der Waals surface area contributed by atoms with Gasteiger partial charge < -0.3 is 14.4 Å². The molecule has 1 aliphatic heterocycles. The van der Waals surface area contributed by atoms with E-state index < -0.39 is 0 Å². The molecule has 1 N–H and O–H groups in total. The summed E-state index contributed by atoms with van der Waals surface area (Å²) in [7, 11) is 0. The Kier molecular flexibility index (Phi) is 7.19. The lowest BCUT2D eigenvalue weighted by molar-refractivity contribution is -0.135. The third-order valence-electron chi connectivity index (χ3n) is 5.03. The maximum atomic E-state index is 12.8. The molecule has 2 amide bonds. The number of nitrogens with zero attached hydrogens (tertiary/aromatic N) is 3. The van der Waals surface area contributed by atoms with Crippen LogP contribution in [-0.4, -0.2) is 46.8 Å². The smallest absolute Gasteiger partial charge is 0.245 e. The van der Waals surface area contributed by atoms with Crippen LogP contribution in [0.15, 0.2) is 48.5 Å². The predicted octanol–water partition coefficient (Wildman–Crippen LogP) is 3.99. The summed E-state index contributed by atoms with van der Waals surface area (Å²) in [6.07, 6.45) is 1.00. The molecule has 3 aromatic rings. The number of rotatable bonds is 9. The van der Waals surface area contributed by atoms with Crippen molar-refractivity contribution >= 4 is 28.3 Å². The van der Waals surface area contributed by atoms with Gasteiger partial charge in [0.1, 0.15) is 5.01 Å². The number of fused-ring (bicyclic) bond motifs is 1. The van der Waals surface area contributed by atoms with Crippen LogP contribution >= 0.6 is 11.3 Å². The highest BCUT2D eigenvalue weighted by Crippen LogP contribution is 2.37. The van der Waals surface area contributed by atoms with Crippen molar-refractivity contribution in [3.63, 3.8) is 0 Å². The molecule has 2 heterocycles. The first-order chi connectivity index (χ1) is 16.0. The van der Waals surface area contributed by atoms with Gasteiger partial charge in [0.2, 0.25) is 23.7 Å². The molecule has 0 saturated carbocycles. The van der Waals surface area contributed by atoms with Gasteiger partial charge in [-0.15, -0.1) is 10.2 Å². The fraction of sp³-hybridized carbons (Fsp3) is 0.333. The van der Waals surface area contributed by atoms with Gasteiger partial charge in [0, 0.05) is 18.5 Å². The summed E-state index contributed by atoms with van der Waals surface area (Å²) in [6, 6.07) is 15.4. The Morgan fingerprint density at radius 2 is 1.88 bits per heavy atom. The van der Waals surface area contributed by atoms with E-state index >= 15 is 0 Å². The normalized spacial score (nSPS) is 12.1. The van der Waals surface area contributed by atoms with E-state index in [0.29, 0.717) is 41.0 Å². The van der Waals surface area contributed by atoms with Crippen molar-refractivity contribution in [3.8, 4) is 22.1 Å². The second-order valence-corrected chi connectivity index (χ2v) is 9.16. The van der Waals surface area contributed by atoms with E-state index in [-0.39, 0.29) is 31.1 Å². The molecule has 4 rings (SSSR count). The number of benzene rings is 2. The Morgan fingerprint density at radius 1 is 1.09 bits per heavy atom. The van der Waals surface area contributed by atoms with Gasteiger partial charge in [-0.05, 0) is 36.1 Å². The summed E-state index contributed by atoms with van der Waals surface area (Å²) in [4.78, 5) is 27.1. The summed E-state index contributed by atoms with van der Waals surface area (Å²) in [5.74, 6) is 1.27. The highest BCUT2D eigenvalue weighted by Gasteiger charge is 2.20. The van der Waals surface area contributed by atoms with Crippen LogP contribution in [0.25, 0.3) is 10.6 Å². The Morgan fingerprint density at radius 3 is 2.67 bits per heavy atom. The van der Waals surface area contributed by atoms with Crippen LogP contribution < -0.4 is 14.8 Å². The SMILES string of the molecule is CC(C)CN(CC(=O)Nc1nnc(-c2ccc3c(c2)OCO3)s1)C(=O)CCc1ccccc1. The van der Waals surface area contributed by atoms with E-state index in [9.17, 15) is 9.59 Å². The number of aryl methyl sites for hydroxylation is 1. The second-order valence-electron chi connectivity index (χ2n) is 8.18. The molecule has 33 heavy (non-hydrogen) atoms. The third kappa shape index (κ3) is 6.07. The van der Waals surface area contributed by atoms with Gasteiger partial charge in [-0.3, -0.25) is 14.9 Å². The van der Waals surface area contributed by atoms with Crippen molar-refractivity contribution < 1.29 is 19.1 Å². The van der Waals surface area contributed by atoms with E-state index in [1.165, 1.54) is 11.3 Å².